The highest BCUT2D eigenvalue weighted by molar-refractivity contribution is 5.81. The summed E-state index contributed by atoms with van der Waals surface area (Å²) >= 11 is 0. The van der Waals surface area contributed by atoms with Crippen molar-refractivity contribution in [3.63, 3.8) is 0 Å². The average molecular weight is 347 g/mol. The van der Waals surface area contributed by atoms with E-state index >= 15 is 0 Å². The van der Waals surface area contributed by atoms with E-state index < -0.39 is 11.4 Å². The summed E-state index contributed by atoms with van der Waals surface area (Å²) in [6, 6.07) is 7.32. The van der Waals surface area contributed by atoms with E-state index in [-0.39, 0.29) is 11.8 Å². The van der Waals surface area contributed by atoms with Crippen LogP contribution in [0.25, 0.3) is 0 Å². The van der Waals surface area contributed by atoms with Crippen LogP contribution in [-0.2, 0) is 9.59 Å². The molecule has 25 heavy (non-hydrogen) atoms. The van der Waals surface area contributed by atoms with Gasteiger partial charge in [-0.3, -0.25) is 9.59 Å². The van der Waals surface area contributed by atoms with Gasteiger partial charge in [-0.2, -0.15) is 0 Å². The third kappa shape index (κ3) is 3.57. The molecule has 3 rings (SSSR count). The molecule has 6 heteroatoms. The van der Waals surface area contributed by atoms with Crippen molar-refractivity contribution in [2.45, 2.75) is 32.1 Å². The predicted octanol–water partition coefficient (Wildman–Crippen LogP) is 2.57. The number of amides is 1. The van der Waals surface area contributed by atoms with Crippen molar-refractivity contribution in [2.75, 3.05) is 26.8 Å². The topological polar surface area (TPSA) is 76.1 Å². The number of methoxy groups -OCH3 is 1. The van der Waals surface area contributed by atoms with Crippen LogP contribution in [0.3, 0.4) is 0 Å². The van der Waals surface area contributed by atoms with E-state index in [1.54, 1.807) is 12.0 Å². The second-order valence-corrected chi connectivity index (χ2v) is 6.95. The quantitative estimate of drug-likeness (QED) is 0.767. The number of carbonyl (C=O) groups excluding carboxylic acids is 1. The van der Waals surface area contributed by atoms with Gasteiger partial charge in [0.1, 0.15) is 11.5 Å². The lowest BCUT2D eigenvalue weighted by atomic mass is 9.81. The highest BCUT2D eigenvalue weighted by Crippen LogP contribution is 2.48. The monoisotopic (exact) mass is 347 g/mol. The van der Waals surface area contributed by atoms with Crippen molar-refractivity contribution in [2.24, 2.45) is 11.3 Å². The highest BCUT2D eigenvalue weighted by atomic mass is 16.5. The number of fused-ring (bicyclic) bond motifs is 1. The molecule has 1 aromatic rings. The molecular weight excluding hydrogens is 322 g/mol. The van der Waals surface area contributed by atoms with Crippen LogP contribution in [0.5, 0.6) is 11.5 Å². The number of hydrogen-bond acceptors (Lipinski definition) is 4. The number of ether oxygens (including phenoxy) is 2. The number of likely N-dealkylation sites (tertiary alicyclic amines) is 1. The molecule has 1 saturated heterocycles. The number of aliphatic carboxylic acids is 1. The van der Waals surface area contributed by atoms with Gasteiger partial charge in [0.15, 0.2) is 0 Å². The number of rotatable bonds is 7. The van der Waals surface area contributed by atoms with E-state index in [1.807, 2.05) is 24.3 Å². The van der Waals surface area contributed by atoms with Crippen molar-refractivity contribution in [3.8, 4) is 11.5 Å². The molecule has 0 bridgehead atoms. The van der Waals surface area contributed by atoms with E-state index in [0.717, 1.165) is 24.3 Å². The molecule has 1 amide bonds. The lowest BCUT2D eigenvalue weighted by Gasteiger charge is -2.23. The number of carbonyl (C=O) groups is 2. The fourth-order valence-electron chi connectivity index (χ4n) is 4.07. The lowest BCUT2D eigenvalue weighted by molar-refractivity contribution is -0.149. The summed E-state index contributed by atoms with van der Waals surface area (Å²) in [5, 5.41) is 9.58. The third-order valence-electron chi connectivity index (χ3n) is 5.51. The van der Waals surface area contributed by atoms with Gasteiger partial charge in [-0.1, -0.05) is 6.42 Å². The van der Waals surface area contributed by atoms with Gasteiger partial charge in [0.05, 0.1) is 19.1 Å². The zero-order chi connectivity index (χ0) is 17.9. The smallest absolute Gasteiger partial charge is 0.311 e. The van der Waals surface area contributed by atoms with Crippen LogP contribution < -0.4 is 9.47 Å². The molecule has 1 aliphatic carbocycles. The summed E-state index contributed by atoms with van der Waals surface area (Å²) in [4.78, 5) is 25.8. The van der Waals surface area contributed by atoms with Crippen molar-refractivity contribution in [1.29, 1.82) is 0 Å². The first-order chi connectivity index (χ1) is 12.0. The van der Waals surface area contributed by atoms with Crippen LogP contribution in [0, 0.1) is 11.3 Å². The number of carboxylic acids is 1. The Kier molecular flexibility index (Phi) is 5.16. The zero-order valence-electron chi connectivity index (χ0n) is 14.6. The molecule has 136 valence electrons. The van der Waals surface area contributed by atoms with E-state index in [0.29, 0.717) is 39.0 Å². The molecule has 1 N–H and O–H groups in total. The van der Waals surface area contributed by atoms with E-state index in [4.69, 9.17) is 9.47 Å². The Morgan fingerprint density at radius 1 is 1.28 bits per heavy atom. The largest absolute Gasteiger partial charge is 0.497 e. The van der Waals surface area contributed by atoms with Gasteiger partial charge in [0, 0.05) is 19.5 Å². The maximum atomic E-state index is 12.4. The minimum absolute atomic E-state index is 0.0355. The van der Waals surface area contributed by atoms with Gasteiger partial charge < -0.3 is 19.5 Å². The molecule has 0 spiro atoms. The minimum Gasteiger partial charge on any atom is -0.497 e. The summed E-state index contributed by atoms with van der Waals surface area (Å²) in [6.45, 7) is 1.41. The van der Waals surface area contributed by atoms with Gasteiger partial charge in [-0.15, -0.1) is 0 Å². The van der Waals surface area contributed by atoms with E-state index in [2.05, 4.69) is 0 Å². The molecule has 1 heterocycles. The van der Waals surface area contributed by atoms with Gasteiger partial charge in [-0.05, 0) is 49.4 Å². The summed E-state index contributed by atoms with van der Waals surface area (Å²) in [5.74, 6) is 0.925. The summed E-state index contributed by atoms with van der Waals surface area (Å²) in [5.41, 5.74) is -0.699. The predicted molar refractivity (Wildman–Crippen MR) is 91.7 cm³/mol. The van der Waals surface area contributed by atoms with Crippen molar-refractivity contribution >= 4 is 11.9 Å². The second kappa shape index (κ2) is 7.33. The molecule has 1 aromatic carbocycles. The molecule has 0 aromatic heterocycles. The Morgan fingerprint density at radius 2 is 2.00 bits per heavy atom. The zero-order valence-corrected chi connectivity index (χ0v) is 14.6. The number of hydrogen-bond donors (Lipinski definition) is 1. The van der Waals surface area contributed by atoms with Crippen LogP contribution in [0.4, 0.5) is 0 Å². The number of nitrogens with zero attached hydrogens (tertiary/aromatic N) is 1. The summed E-state index contributed by atoms with van der Waals surface area (Å²) < 4.78 is 10.7. The van der Waals surface area contributed by atoms with Crippen LogP contribution >= 0.6 is 0 Å². The molecule has 1 saturated carbocycles. The molecule has 0 unspecified atom stereocenters. The Balaban J connectivity index is 1.43. The molecule has 2 aliphatic rings. The fraction of sp³-hybridized carbons (Fsp3) is 0.579. The van der Waals surface area contributed by atoms with E-state index in [1.165, 1.54) is 0 Å². The van der Waals surface area contributed by atoms with Gasteiger partial charge >= 0.3 is 5.97 Å². The van der Waals surface area contributed by atoms with Crippen molar-refractivity contribution in [3.05, 3.63) is 24.3 Å². The first kappa shape index (κ1) is 17.6. The van der Waals surface area contributed by atoms with Gasteiger partial charge in [-0.25, -0.2) is 0 Å². The maximum Gasteiger partial charge on any atom is 0.311 e. The average Bonchev–Trinajstić information content (AvgIpc) is 3.17. The van der Waals surface area contributed by atoms with Crippen molar-refractivity contribution in [1.82, 2.24) is 4.90 Å². The lowest BCUT2D eigenvalue weighted by Crippen LogP contribution is -2.37. The Bertz CT molecular complexity index is 629. The summed E-state index contributed by atoms with van der Waals surface area (Å²) in [6.07, 6.45) is 3.56. The first-order valence-electron chi connectivity index (χ1n) is 8.83. The maximum absolute atomic E-state index is 12.4. The number of benzene rings is 1. The molecule has 6 nitrogen and oxygen atoms in total. The highest BCUT2D eigenvalue weighted by Gasteiger charge is 2.55. The molecule has 0 radical (unpaired) electrons. The second-order valence-electron chi connectivity index (χ2n) is 6.95. The van der Waals surface area contributed by atoms with Crippen LogP contribution in [0.15, 0.2) is 24.3 Å². The number of carboxylic acid groups (broad SMARTS) is 1. The van der Waals surface area contributed by atoms with Crippen LogP contribution in [0.1, 0.15) is 32.1 Å². The van der Waals surface area contributed by atoms with Crippen LogP contribution in [0.2, 0.25) is 0 Å². The third-order valence-corrected chi connectivity index (χ3v) is 5.51. The Morgan fingerprint density at radius 3 is 2.64 bits per heavy atom. The SMILES string of the molecule is COc1ccc(OCCCC(=O)N2C[C@@H]3CCC[C@@]3(C(=O)O)C2)cc1. The Labute approximate surface area is 147 Å². The van der Waals surface area contributed by atoms with Gasteiger partial charge in [0.25, 0.3) is 0 Å². The molecular formula is C19H25NO5. The van der Waals surface area contributed by atoms with Crippen molar-refractivity contribution < 1.29 is 24.2 Å². The standard InChI is InChI=1S/C19H25NO5/c1-24-15-6-8-16(9-7-15)25-11-3-5-17(21)20-12-14-4-2-10-19(14,13-20)18(22)23/h6-9,14H,2-5,10-13H2,1H3,(H,22,23)/t14-,19+/m0/s1. The van der Waals surface area contributed by atoms with Gasteiger partial charge in [0.2, 0.25) is 5.91 Å². The van der Waals surface area contributed by atoms with Crippen LogP contribution in [-0.4, -0.2) is 48.7 Å². The Hall–Kier alpha value is -2.24. The summed E-state index contributed by atoms with van der Waals surface area (Å²) in [7, 11) is 1.61. The first-order valence-corrected chi connectivity index (χ1v) is 8.83. The minimum atomic E-state index is -0.742. The normalized spacial score (nSPS) is 24.8. The molecule has 2 fully saturated rings. The van der Waals surface area contributed by atoms with E-state index in [9.17, 15) is 14.7 Å². The molecule has 2 atom stereocenters. The molecule has 1 aliphatic heterocycles. The fourth-order valence-corrected chi connectivity index (χ4v) is 4.07.